The SMILES string of the molecule is Cc1cccn2c(=O)cc(COC(=O)c3cc4ccccc4[nH]3)nc12. The molecule has 6 heteroatoms. The summed E-state index contributed by atoms with van der Waals surface area (Å²) in [6, 6.07) is 14.4. The van der Waals surface area contributed by atoms with Crippen molar-refractivity contribution in [3.8, 4) is 0 Å². The van der Waals surface area contributed by atoms with E-state index in [4.69, 9.17) is 4.74 Å². The summed E-state index contributed by atoms with van der Waals surface area (Å²) >= 11 is 0. The summed E-state index contributed by atoms with van der Waals surface area (Å²) < 4.78 is 6.78. The van der Waals surface area contributed by atoms with E-state index < -0.39 is 5.97 Å². The zero-order valence-electron chi connectivity index (χ0n) is 13.5. The predicted octanol–water partition coefficient (Wildman–Crippen LogP) is 2.84. The average Bonchev–Trinajstić information content (AvgIpc) is 3.05. The topological polar surface area (TPSA) is 76.5 Å². The van der Waals surface area contributed by atoms with Crippen molar-refractivity contribution in [2.24, 2.45) is 0 Å². The van der Waals surface area contributed by atoms with E-state index in [1.807, 2.05) is 37.3 Å². The lowest BCUT2D eigenvalue weighted by Crippen LogP contribution is -2.17. The minimum Gasteiger partial charge on any atom is -0.455 e. The zero-order valence-corrected chi connectivity index (χ0v) is 13.5. The van der Waals surface area contributed by atoms with E-state index in [0.717, 1.165) is 16.5 Å². The number of pyridine rings is 1. The molecule has 1 N–H and O–H groups in total. The van der Waals surface area contributed by atoms with Crippen molar-refractivity contribution in [2.75, 3.05) is 0 Å². The fraction of sp³-hybridized carbons (Fsp3) is 0.105. The van der Waals surface area contributed by atoms with Crippen LogP contribution in [-0.2, 0) is 11.3 Å². The van der Waals surface area contributed by atoms with Gasteiger partial charge in [0.1, 0.15) is 17.9 Å². The average molecular weight is 333 g/mol. The Morgan fingerprint density at radius 3 is 2.88 bits per heavy atom. The molecule has 0 bridgehead atoms. The van der Waals surface area contributed by atoms with Crippen LogP contribution in [0.5, 0.6) is 0 Å². The maximum absolute atomic E-state index is 12.2. The summed E-state index contributed by atoms with van der Waals surface area (Å²) in [4.78, 5) is 31.8. The van der Waals surface area contributed by atoms with Gasteiger partial charge in [-0.1, -0.05) is 24.3 Å². The molecule has 6 nitrogen and oxygen atoms in total. The van der Waals surface area contributed by atoms with Crippen molar-refractivity contribution in [3.05, 3.63) is 82.0 Å². The van der Waals surface area contributed by atoms with Crippen molar-refractivity contribution < 1.29 is 9.53 Å². The minimum atomic E-state index is -0.483. The first-order chi connectivity index (χ1) is 12.1. The second kappa shape index (κ2) is 5.90. The van der Waals surface area contributed by atoms with Gasteiger partial charge >= 0.3 is 5.97 Å². The first-order valence-corrected chi connectivity index (χ1v) is 7.84. The monoisotopic (exact) mass is 333 g/mol. The van der Waals surface area contributed by atoms with Crippen molar-refractivity contribution in [1.82, 2.24) is 14.4 Å². The second-order valence-electron chi connectivity index (χ2n) is 5.82. The molecule has 0 spiro atoms. The molecule has 0 radical (unpaired) electrons. The maximum atomic E-state index is 12.2. The third-order valence-corrected chi connectivity index (χ3v) is 4.04. The summed E-state index contributed by atoms with van der Waals surface area (Å²) in [6.07, 6.45) is 1.66. The Kier molecular flexibility index (Phi) is 3.57. The van der Waals surface area contributed by atoms with Crippen molar-refractivity contribution in [1.29, 1.82) is 0 Å². The number of rotatable bonds is 3. The highest BCUT2D eigenvalue weighted by atomic mass is 16.5. The molecule has 25 heavy (non-hydrogen) atoms. The lowest BCUT2D eigenvalue weighted by Gasteiger charge is -2.06. The molecule has 0 amide bonds. The molecule has 3 aromatic heterocycles. The highest BCUT2D eigenvalue weighted by Gasteiger charge is 2.12. The fourth-order valence-corrected chi connectivity index (χ4v) is 2.78. The Morgan fingerprint density at radius 2 is 2.04 bits per heavy atom. The number of aromatic amines is 1. The maximum Gasteiger partial charge on any atom is 0.355 e. The van der Waals surface area contributed by atoms with Gasteiger partial charge in [0, 0.05) is 23.2 Å². The van der Waals surface area contributed by atoms with E-state index in [2.05, 4.69) is 9.97 Å². The molecule has 0 fully saturated rings. The Labute approximate surface area is 142 Å². The lowest BCUT2D eigenvalue weighted by molar-refractivity contribution is 0.0462. The number of hydrogen-bond acceptors (Lipinski definition) is 4. The van der Waals surface area contributed by atoms with Gasteiger partial charge in [0.15, 0.2) is 0 Å². The Hall–Kier alpha value is -3.41. The van der Waals surface area contributed by atoms with Crippen LogP contribution < -0.4 is 5.56 Å². The van der Waals surface area contributed by atoms with E-state index in [9.17, 15) is 9.59 Å². The van der Waals surface area contributed by atoms with Gasteiger partial charge in [0.25, 0.3) is 5.56 Å². The molecule has 0 aliphatic rings. The van der Waals surface area contributed by atoms with Crippen LogP contribution >= 0.6 is 0 Å². The quantitative estimate of drug-likeness (QED) is 0.585. The Bertz CT molecular complexity index is 1120. The van der Waals surface area contributed by atoms with Crippen LogP contribution in [0.25, 0.3) is 16.6 Å². The predicted molar refractivity (Wildman–Crippen MR) is 93.6 cm³/mol. The third-order valence-electron chi connectivity index (χ3n) is 4.04. The first kappa shape index (κ1) is 15.1. The van der Waals surface area contributed by atoms with Crippen LogP contribution in [-0.4, -0.2) is 20.3 Å². The normalized spacial score (nSPS) is 11.1. The molecular weight excluding hydrogens is 318 g/mol. The van der Waals surface area contributed by atoms with Crippen molar-refractivity contribution >= 4 is 22.5 Å². The molecule has 124 valence electrons. The number of para-hydroxylation sites is 1. The van der Waals surface area contributed by atoms with E-state index >= 15 is 0 Å². The number of aromatic nitrogens is 3. The van der Waals surface area contributed by atoms with Gasteiger partial charge in [-0.25, -0.2) is 9.78 Å². The van der Waals surface area contributed by atoms with Crippen LogP contribution in [0, 0.1) is 6.92 Å². The molecule has 0 atom stereocenters. The van der Waals surface area contributed by atoms with Gasteiger partial charge in [-0.3, -0.25) is 9.20 Å². The molecule has 0 aliphatic heterocycles. The summed E-state index contributed by atoms with van der Waals surface area (Å²) in [6.45, 7) is 1.82. The van der Waals surface area contributed by atoms with Gasteiger partial charge in [-0.2, -0.15) is 0 Å². The van der Waals surface area contributed by atoms with Gasteiger partial charge in [0.2, 0.25) is 0 Å². The number of benzene rings is 1. The van der Waals surface area contributed by atoms with E-state index in [0.29, 0.717) is 17.0 Å². The minimum absolute atomic E-state index is 0.0612. The number of carbonyl (C=O) groups excluding carboxylic acids is 1. The highest BCUT2D eigenvalue weighted by molar-refractivity contribution is 5.94. The Morgan fingerprint density at radius 1 is 1.20 bits per heavy atom. The van der Waals surface area contributed by atoms with E-state index in [1.165, 1.54) is 10.5 Å². The van der Waals surface area contributed by atoms with E-state index in [1.54, 1.807) is 18.3 Å². The first-order valence-electron chi connectivity index (χ1n) is 7.84. The largest absolute Gasteiger partial charge is 0.455 e. The zero-order chi connectivity index (χ0) is 17.4. The van der Waals surface area contributed by atoms with Crippen LogP contribution in [0.4, 0.5) is 0 Å². The van der Waals surface area contributed by atoms with Gasteiger partial charge in [-0.15, -0.1) is 0 Å². The molecule has 4 aromatic rings. The highest BCUT2D eigenvalue weighted by Crippen LogP contribution is 2.15. The van der Waals surface area contributed by atoms with Crippen LogP contribution in [0.1, 0.15) is 21.7 Å². The summed E-state index contributed by atoms with van der Waals surface area (Å²) in [7, 11) is 0. The fourth-order valence-electron chi connectivity index (χ4n) is 2.78. The summed E-state index contributed by atoms with van der Waals surface area (Å²) in [5.41, 5.74) is 2.89. The molecule has 1 aromatic carbocycles. The Balaban J connectivity index is 1.58. The molecule has 0 saturated carbocycles. The van der Waals surface area contributed by atoms with Crippen molar-refractivity contribution in [2.45, 2.75) is 13.5 Å². The van der Waals surface area contributed by atoms with Crippen LogP contribution in [0.2, 0.25) is 0 Å². The van der Waals surface area contributed by atoms with E-state index in [-0.39, 0.29) is 12.2 Å². The number of hydrogen-bond donors (Lipinski definition) is 1. The molecule has 3 heterocycles. The van der Waals surface area contributed by atoms with Gasteiger partial charge in [-0.05, 0) is 30.7 Å². The van der Waals surface area contributed by atoms with Crippen LogP contribution in [0.15, 0.2) is 59.5 Å². The summed E-state index contributed by atoms with van der Waals surface area (Å²) in [5.74, 6) is -0.483. The number of nitrogens with one attached hydrogen (secondary N) is 1. The number of fused-ring (bicyclic) bond motifs is 2. The van der Waals surface area contributed by atoms with Crippen molar-refractivity contribution in [3.63, 3.8) is 0 Å². The molecule has 0 unspecified atom stereocenters. The number of aryl methyl sites for hydroxylation is 1. The number of ether oxygens (including phenoxy) is 1. The number of nitrogens with zero attached hydrogens (tertiary/aromatic N) is 2. The second-order valence-corrected chi connectivity index (χ2v) is 5.82. The summed E-state index contributed by atoms with van der Waals surface area (Å²) in [5, 5.41) is 0.937. The lowest BCUT2D eigenvalue weighted by atomic mass is 10.2. The van der Waals surface area contributed by atoms with Crippen LogP contribution in [0.3, 0.4) is 0 Å². The molecule has 0 saturated heterocycles. The third kappa shape index (κ3) is 2.78. The molecule has 0 aliphatic carbocycles. The smallest absolute Gasteiger partial charge is 0.355 e. The number of esters is 1. The standard InChI is InChI=1S/C19H15N3O3/c1-12-5-4-8-22-17(23)10-14(20-18(12)22)11-25-19(24)16-9-13-6-2-3-7-15(13)21-16/h2-10,21H,11H2,1H3. The van der Waals surface area contributed by atoms with Gasteiger partial charge < -0.3 is 9.72 Å². The van der Waals surface area contributed by atoms with Gasteiger partial charge in [0.05, 0.1) is 5.69 Å². The number of carbonyl (C=O) groups is 1. The number of H-pyrrole nitrogens is 1. The molecule has 4 rings (SSSR count). The molecular formula is C19H15N3O3.